The second-order valence-electron chi connectivity index (χ2n) is 6.36. The standard InChI is InChI=1S/C22H15ClFN3O2/c23-14-11-9-13(10-12-14)22(29)27-18-8-4-1-5-15(18)19(20(27)25)21(28)26-17-7-3-2-6-16(17)24/h1-12H,25H2,(H,26,28). The number of nitrogens with zero attached hydrogens (tertiary/aromatic N) is 1. The maximum Gasteiger partial charge on any atom is 0.263 e. The number of para-hydroxylation sites is 2. The number of benzene rings is 3. The third-order valence-electron chi connectivity index (χ3n) is 4.55. The molecule has 0 fully saturated rings. The van der Waals surface area contributed by atoms with Crippen molar-refractivity contribution in [2.24, 2.45) is 0 Å². The quantitative estimate of drug-likeness (QED) is 0.504. The SMILES string of the molecule is Nc1c(C(=O)Nc2ccccc2F)c2ccccc2n1C(=O)c1ccc(Cl)cc1. The summed E-state index contributed by atoms with van der Waals surface area (Å²) < 4.78 is 15.2. The van der Waals surface area contributed by atoms with Crippen molar-refractivity contribution in [2.45, 2.75) is 0 Å². The van der Waals surface area contributed by atoms with Crippen molar-refractivity contribution in [3.63, 3.8) is 0 Å². The van der Waals surface area contributed by atoms with Crippen LogP contribution in [0.15, 0.2) is 72.8 Å². The molecule has 7 heteroatoms. The van der Waals surface area contributed by atoms with E-state index in [0.29, 0.717) is 21.5 Å². The predicted octanol–water partition coefficient (Wildman–Crippen LogP) is 4.96. The van der Waals surface area contributed by atoms with Gasteiger partial charge in [0, 0.05) is 16.0 Å². The number of anilines is 2. The van der Waals surface area contributed by atoms with Crippen LogP contribution in [0.1, 0.15) is 20.7 Å². The van der Waals surface area contributed by atoms with Gasteiger partial charge < -0.3 is 11.1 Å². The summed E-state index contributed by atoms with van der Waals surface area (Å²) in [5.41, 5.74) is 7.21. The van der Waals surface area contributed by atoms with Gasteiger partial charge in [-0.1, -0.05) is 41.9 Å². The summed E-state index contributed by atoms with van der Waals surface area (Å²) in [7, 11) is 0. The van der Waals surface area contributed by atoms with Crippen LogP contribution in [-0.4, -0.2) is 16.4 Å². The molecular weight excluding hydrogens is 393 g/mol. The molecule has 0 aliphatic rings. The lowest BCUT2D eigenvalue weighted by molar-refractivity contribution is 0.0967. The maximum atomic E-state index is 14.0. The molecule has 4 rings (SSSR count). The van der Waals surface area contributed by atoms with E-state index in [9.17, 15) is 14.0 Å². The van der Waals surface area contributed by atoms with Crippen LogP contribution < -0.4 is 11.1 Å². The molecule has 29 heavy (non-hydrogen) atoms. The van der Waals surface area contributed by atoms with E-state index in [1.165, 1.54) is 22.8 Å². The Morgan fingerprint density at radius 1 is 0.931 bits per heavy atom. The predicted molar refractivity (Wildman–Crippen MR) is 112 cm³/mol. The lowest BCUT2D eigenvalue weighted by atomic mass is 10.1. The molecule has 0 saturated carbocycles. The number of nitrogens with two attached hydrogens (primary N) is 1. The number of nitrogens with one attached hydrogen (secondary N) is 1. The molecule has 1 heterocycles. The van der Waals surface area contributed by atoms with Crippen LogP contribution in [0.25, 0.3) is 10.9 Å². The van der Waals surface area contributed by atoms with Gasteiger partial charge in [-0.3, -0.25) is 14.2 Å². The number of carbonyl (C=O) groups excluding carboxylic acids is 2. The van der Waals surface area contributed by atoms with Gasteiger partial charge in [0.2, 0.25) is 0 Å². The Balaban J connectivity index is 1.83. The van der Waals surface area contributed by atoms with Crippen molar-refractivity contribution >= 4 is 45.8 Å². The first kappa shape index (κ1) is 18.7. The Morgan fingerprint density at radius 3 is 2.31 bits per heavy atom. The van der Waals surface area contributed by atoms with E-state index >= 15 is 0 Å². The smallest absolute Gasteiger partial charge is 0.263 e. The summed E-state index contributed by atoms with van der Waals surface area (Å²) in [5.74, 6) is -1.60. The molecule has 3 N–H and O–H groups in total. The van der Waals surface area contributed by atoms with Gasteiger partial charge in [0.1, 0.15) is 11.6 Å². The van der Waals surface area contributed by atoms with Crippen LogP contribution in [0.4, 0.5) is 15.9 Å². The van der Waals surface area contributed by atoms with Crippen LogP contribution >= 0.6 is 11.6 Å². The minimum Gasteiger partial charge on any atom is -0.384 e. The molecule has 144 valence electrons. The van der Waals surface area contributed by atoms with Crippen LogP contribution in [0.3, 0.4) is 0 Å². The summed E-state index contributed by atoms with van der Waals surface area (Å²) in [4.78, 5) is 26.0. The summed E-state index contributed by atoms with van der Waals surface area (Å²) in [5, 5.41) is 3.51. The largest absolute Gasteiger partial charge is 0.384 e. The Labute approximate surface area is 170 Å². The van der Waals surface area contributed by atoms with Gasteiger partial charge in [-0.2, -0.15) is 0 Å². The maximum absolute atomic E-state index is 14.0. The zero-order valence-corrected chi connectivity index (χ0v) is 15.8. The third kappa shape index (κ3) is 3.34. The van der Waals surface area contributed by atoms with Crippen molar-refractivity contribution in [1.82, 2.24) is 4.57 Å². The van der Waals surface area contributed by atoms with Gasteiger partial charge in [0.05, 0.1) is 16.8 Å². The molecule has 0 bridgehead atoms. The number of amides is 1. The summed E-state index contributed by atoms with van der Waals surface area (Å²) in [6.07, 6.45) is 0. The lowest BCUT2D eigenvalue weighted by Gasteiger charge is -2.08. The number of carbonyl (C=O) groups is 2. The molecule has 0 atom stereocenters. The average molecular weight is 408 g/mol. The number of nitrogen functional groups attached to an aromatic ring is 1. The molecule has 0 aliphatic heterocycles. The molecule has 0 aliphatic carbocycles. The van der Waals surface area contributed by atoms with E-state index in [1.54, 1.807) is 54.6 Å². The number of hydrogen-bond acceptors (Lipinski definition) is 3. The fraction of sp³-hybridized carbons (Fsp3) is 0. The highest BCUT2D eigenvalue weighted by atomic mass is 35.5. The first-order valence-electron chi connectivity index (χ1n) is 8.72. The number of halogens is 2. The Bertz CT molecular complexity index is 1250. The first-order valence-corrected chi connectivity index (χ1v) is 9.10. The molecule has 3 aromatic carbocycles. The monoisotopic (exact) mass is 407 g/mol. The second-order valence-corrected chi connectivity index (χ2v) is 6.80. The fourth-order valence-electron chi connectivity index (χ4n) is 3.19. The zero-order valence-electron chi connectivity index (χ0n) is 15.0. The molecule has 0 unspecified atom stereocenters. The normalized spacial score (nSPS) is 10.8. The number of rotatable bonds is 3. The Kier molecular flexibility index (Phi) is 4.78. The molecule has 1 amide bonds. The van der Waals surface area contributed by atoms with Gasteiger partial charge in [-0.25, -0.2) is 4.39 Å². The number of aromatic nitrogens is 1. The molecule has 1 aromatic heterocycles. The van der Waals surface area contributed by atoms with E-state index in [4.69, 9.17) is 17.3 Å². The average Bonchev–Trinajstić information content (AvgIpc) is 3.01. The van der Waals surface area contributed by atoms with Crippen molar-refractivity contribution in [3.05, 3.63) is 94.8 Å². The van der Waals surface area contributed by atoms with Gasteiger partial charge in [-0.05, 0) is 42.5 Å². The highest BCUT2D eigenvalue weighted by molar-refractivity contribution is 6.30. The molecule has 0 spiro atoms. The van der Waals surface area contributed by atoms with E-state index < -0.39 is 17.6 Å². The molecule has 0 radical (unpaired) electrons. The van der Waals surface area contributed by atoms with Gasteiger partial charge in [0.25, 0.3) is 11.8 Å². The summed E-state index contributed by atoms with van der Waals surface area (Å²) in [6.45, 7) is 0. The van der Waals surface area contributed by atoms with Crippen LogP contribution in [0.5, 0.6) is 0 Å². The van der Waals surface area contributed by atoms with E-state index in [1.807, 2.05) is 0 Å². The van der Waals surface area contributed by atoms with Gasteiger partial charge >= 0.3 is 0 Å². The van der Waals surface area contributed by atoms with Crippen LogP contribution in [-0.2, 0) is 0 Å². The summed E-state index contributed by atoms with van der Waals surface area (Å²) >= 11 is 5.90. The second kappa shape index (κ2) is 7.41. The van der Waals surface area contributed by atoms with Gasteiger partial charge in [-0.15, -0.1) is 0 Å². The third-order valence-corrected chi connectivity index (χ3v) is 4.81. The van der Waals surface area contributed by atoms with Crippen molar-refractivity contribution in [3.8, 4) is 0 Å². The van der Waals surface area contributed by atoms with Crippen LogP contribution in [0.2, 0.25) is 5.02 Å². The van der Waals surface area contributed by atoms with E-state index in [0.717, 1.165) is 0 Å². The summed E-state index contributed by atoms with van der Waals surface area (Å²) in [6, 6.07) is 19.0. The zero-order chi connectivity index (χ0) is 20.5. The minimum absolute atomic E-state index is 0.0257. The minimum atomic E-state index is -0.605. The topological polar surface area (TPSA) is 77.1 Å². The molecular formula is C22H15ClFN3O2. The first-order chi connectivity index (χ1) is 14.0. The number of hydrogen-bond donors (Lipinski definition) is 2. The fourth-order valence-corrected chi connectivity index (χ4v) is 3.31. The lowest BCUT2D eigenvalue weighted by Crippen LogP contribution is -2.18. The van der Waals surface area contributed by atoms with Crippen molar-refractivity contribution < 1.29 is 14.0 Å². The molecule has 0 saturated heterocycles. The van der Waals surface area contributed by atoms with E-state index in [2.05, 4.69) is 5.32 Å². The Morgan fingerprint density at radius 2 is 1.59 bits per heavy atom. The van der Waals surface area contributed by atoms with E-state index in [-0.39, 0.29) is 17.1 Å². The molecule has 4 aromatic rings. The van der Waals surface area contributed by atoms with Gasteiger partial charge in [0.15, 0.2) is 0 Å². The van der Waals surface area contributed by atoms with Crippen molar-refractivity contribution in [1.29, 1.82) is 0 Å². The number of fused-ring (bicyclic) bond motifs is 1. The highest BCUT2D eigenvalue weighted by Gasteiger charge is 2.25. The Hall–Kier alpha value is -3.64. The molecule has 5 nitrogen and oxygen atoms in total. The van der Waals surface area contributed by atoms with Crippen molar-refractivity contribution in [2.75, 3.05) is 11.1 Å². The highest BCUT2D eigenvalue weighted by Crippen LogP contribution is 2.30. The van der Waals surface area contributed by atoms with Crippen LogP contribution in [0, 0.1) is 5.82 Å².